The van der Waals surface area contributed by atoms with Gasteiger partial charge in [-0.05, 0) is 56.2 Å². The van der Waals surface area contributed by atoms with E-state index in [-0.39, 0.29) is 41.7 Å². The van der Waals surface area contributed by atoms with Crippen LogP contribution in [0.3, 0.4) is 0 Å². The first-order valence-electron chi connectivity index (χ1n) is 17.1. The number of carbonyl (C=O) groups is 7. The van der Waals surface area contributed by atoms with Gasteiger partial charge in [-0.3, -0.25) is 24.0 Å². The number of nitrogens with zero attached hydrogens (tertiary/aromatic N) is 1. The second-order valence-electron chi connectivity index (χ2n) is 11.8. The third-order valence-electron chi connectivity index (χ3n) is 8.10. The van der Waals surface area contributed by atoms with Gasteiger partial charge in [0, 0.05) is 5.56 Å². The largest absolute Gasteiger partial charge is 0.493 e. The summed E-state index contributed by atoms with van der Waals surface area (Å²) in [5.74, 6) is -6.21. The molecule has 0 fully saturated rings. The number of benzene rings is 2. The lowest BCUT2D eigenvalue weighted by atomic mass is 9.90. The number of hydroxylamine groups is 2. The van der Waals surface area contributed by atoms with Crippen molar-refractivity contribution in [3.63, 3.8) is 0 Å². The van der Waals surface area contributed by atoms with Crippen LogP contribution in [0.1, 0.15) is 90.6 Å². The van der Waals surface area contributed by atoms with Crippen molar-refractivity contribution < 1.29 is 57.8 Å². The highest BCUT2D eigenvalue weighted by atomic mass is 16.7. The molecule has 0 bridgehead atoms. The predicted molar refractivity (Wildman–Crippen MR) is 188 cm³/mol. The number of hydrogen-bond donors (Lipinski definition) is 5. The van der Waals surface area contributed by atoms with E-state index >= 15 is 0 Å². The number of rotatable bonds is 22. The van der Waals surface area contributed by atoms with Gasteiger partial charge >= 0.3 is 17.9 Å². The molecule has 0 spiro atoms. The molecule has 0 aliphatic rings. The van der Waals surface area contributed by atoms with Crippen molar-refractivity contribution in [2.75, 3.05) is 13.3 Å². The Morgan fingerprint density at radius 1 is 0.906 bits per heavy atom. The molecular formula is C37H44N4O12. The minimum absolute atomic E-state index is 0.0450. The molecule has 2 aromatic carbocycles. The second kappa shape index (κ2) is 20.6. The number of aliphatic carboxylic acids is 2. The Labute approximate surface area is 305 Å². The smallest absolute Gasteiger partial charge is 0.363 e. The molecule has 0 aliphatic heterocycles. The summed E-state index contributed by atoms with van der Waals surface area (Å²) in [6.07, 6.45) is 2.65. The van der Waals surface area contributed by atoms with Crippen molar-refractivity contribution in [1.29, 1.82) is 0 Å². The molecule has 1 heterocycles. The molecular weight excluding hydrogens is 692 g/mol. The summed E-state index contributed by atoms with van der Waals surface area (Å²) < 4.78 is 11.3. The van der Waals surface area contributed by atoms with E-state index in [1.54, 1.807) is 44.2 Å². The van der Waals surface area contributed by atoms with E-state index in [4.69, 9.17) is 19.1 Å². The van der Waals surface area contributed by atoms with Crippen LogP contribution in [-0.2, 0) is 24.0 Å². The average molecular weight is 737 g/mol. The number of carbonyl (C=O) groups excluding carboxylic acids is 5. The number of unbranched alkanes of at least 4 members (excludes halogenated alkanes) is 2. The van der Waals surface area contributed by atoms with Gasteiger partial charge in [0.1, 0.15) is 17.6 Å². The number of nitrogens with one attached hydrogen (secondary N) is 3. The van der Waals surface area contributed by atoms with E-state index in [1.807, 2.05) is 6.92 Å². The van der Waals surface area contributed by atoms with Gasteiger partial charge in [-0.1, -0.05) is 57.4 Å². The van der Waals surface area contributed by atoms with Gasteiger partial charge in [0.15, 0.2) is 5.76 Å². The molecule has 3 atom stereocenters. The maximum atomic E-state index is 13.5. The zero-order chi connectivity index (χ0) is 38.9. The maximum Gasteiger partial charge on any atom is 0.363 e. The third-order valence-corrected chi connectivity index (χ3v) is 8.10. The molecule has 53 heavy (non-hydrogen) atoms. The lowest BCUT2D eigenvalue weighted by Crippen LogP contribution is -2.49. The Hall–Kier alpha value is -6.19. The van der Waals surface area contributed by atoms with Crippen LogP contribution in [0.5, 0.6) is 5.75 Å². The van der Waals surface area contributed by atoms with Gasteiger partial charge < -0.3 is 40.2 Å². The fourth-order valence-corrected chi connectivity index (χ4v) is 5.44. The summed E-state index contributed by atoms with van der Waals surface area (Å²) in [6, 6.07) is 12.9. The van der Waals surface area contributed by atoms with Crippen molar-refractivity contribution in [2.24, 2.45) is 5.92 Å². The zero-order valence-corrected chi connectivity index (χ0v) is 29.7. The summed E-state index contributed by atoms with van der Waals surface area (Å²) >= 11 is 0. The first-order valence-corrected chi connectivity index (χ1v) is 17.1. The van der Waals surface area contributed by atoms with Crippen molar-refractivity contribution in [2.45, 2.75) is 71.4 Å². The van der Waals surface area contributed by atoms with E-state index in [2.05, 4.69) is 16.0 Å². The highest BCUT2D eigenvalue weighted by Crippen LogP contribution is 2.29. The normalized spacial score (nSPS) is 12.4. The molecule has 284 valence electrons. The van der Waals surface area contributed by atoms with E-state index < -0.39 is 60.1 Å². The predicted octanol–water partition coefficient (Wildman–Crippen LogP) is 4.01. The first kappa shape index (κ1) is 41.2. The minimum Gasteiger partial charge on any atom is -0.493 e. The standard InChI is InChI=1S/C37H44N4O12/c1-4-7-9-14-25(28(5-2)41(22-42)53-37(50)23-12-10-8-11-13-23)33(45)38-21-39-35(47)30-18-17-29(52-30)24-15-16-26(31(19-24)51-6-3)34(46)40-27(36(48)49)20-32(43)44/h8,10-13,15-19,22,25,27-28H,4-7,9,14,20-21H2,1-3H3,(H,38,45)(H,39,47)(H,40,46)(H,43,44)(H,48,49). The van der Waals surface area contributed by atoms with Crippen LogP contribution in [0.4, 0.5) is 0 Å². The molecule has 0 radical (unpaired) electrons. The van der Waals surface area contributed by atoms with Gasteiger partial charge in [0.2, 0.25) is 12.3 Å². The molecule has 3 rings (SSSR count). The molecule has 4 amide bonds. The Kier molecular flexibility index (Phi) is 16.0. The molecule has 3 unspecified atom stereocenters. The molecule has 16 nitrogen and oxygen atoms in total. The average Bonchev–Trinajstić information content (AvgIpc) is 3.64. The van der Waals surface area contributed by atoms with Crippen LogP contribution >= 0.6 is 0 Å². The molecule has 16 heteroatoms. The topological polar surface area (TPSA) is 231 Å². The van der Waals surface area contributed by atoms with Gasteiger partial charge in [0.25, 0.3) is 11.8 Å². The Morgan fingerprint density at radius 2 is 1.64 bits per heavy atom. The minimum atomic E-state index is -1.67. The maximum absolute atomic E-state index is 13.5. The molecule has 0 aliphatic carbocycles. The summed E-state index contributed by atoms with van der Waals surface area (Å²) in [5.41, 5.74) is 0.604. The molecule has 5 N–H and O–H groups in total. The van der Waals surface area contributed by atoms with Crippen molar-refractivity contribution in [1.82, 2.24) is 21.0 Å². The Morgan fingerprint density at radius 3 is 2.26 bits per heavy atom. The number of amides is 4. The molecule has 0 saturated carbocycles. The Balaban J connectivity index is 1.68. The lowest BCUT2D eigenvalue weighted by molar-refractivity contribution is -0.171. The lowest BCUT2D eigenvalue weighted by Gasteiger charge is -2.31. The number of carboxylic acids is 2. The van der Waals surface area contributed by atoms with Crippen LogP contribution in [0.2, 0.25) is 0 Å². The van der Waals surface area contributed by atoms with Crippen LogP contribution in [0.15, 0.2) is 65.1 Å². The highest BCUT2D eigenvalue weighted by molar-refractivity contribution is 6.00. The van der Waals surface area contributed by atoms with Crippen molar-refractivity contribution in [3.05, 3.63) is 77.6 Å². The van der Waals surface area contributed by atoms with Crippen LogP contribution in [-0.4, -0.2) is 82.7 Å². The number of ether oxygens (including phenoxy) is 1. The number of carboxylic acid groups (broad SMARTS) is 2. The Bertz CT molecular complexity index is 1740. The van der Waals surface area contributed by atoms with E-state index in [0.717, 1.165) is 17.9 Å². The molecule has 0 saturated heterocycles. The third kappa shape index (κ3) is 11.9. The quantitative estimate of drug-likeness (QED) is 0.0426. The molecule has 1 aromatic heterocycles. The van der Waals surface area contributed by atoms with E-state index in [0.29, 0.717) is 31.2 Å². The summed E-state index contributed by atoms with van der Waals surface area (Å²) in [6.45, 7) is 5.31. The van der Waals surface area contributed by atoms with Crippen LogP contribution < -0.4 is 20.7 Å². The number of furan rings is 1. The van der Waals surface area contributed by atoms with E-state index in [1.165, 1.54) is 30.3 Å². The SMILES string of the molecule is CCCCCC(C(=O)NCNC(=O)c1ccc(-c2ccc(C(=O)NC(CC(=O)O)C(=O)O)c(OCC)c2)o1)C(CC)N(C=O)OC(=O)c1ccccc1. The van der Waals surface area contributed by atoms with Crippen molar-refractivity contribution in [3.8, 4) is 17.1 Å². The summed E-state index contributed by atoms with van der Waals surface area (Å²) in [7, 11) is 0. The van der Waals surface area contributed by atoms with Gasteiger partial charge in [-0.25, -0.2) is 9.59 Å². The zero-order valence-electron chi connectivity index (χ0n) is 29.7. The van der Waals surface area contributed by atoms with Gasteiger partial charge in [-0.15, -0.1) is 0 Å². The summed E-state index contributed by atoms with van der Waals surface area (Å²) in [5, 5.41) is 26.6. The van der Waals surface area contributed by atoms with Crippen molar-refractivity contribution >= 4 is 42.0 Å². The molecule has 3 aromatic rings. The second-order valence-corrected chi connectivity index (χ2v) is 11.8. The monoisotopic (exact) mass is 736 g/mol. The fourth-order valence-electron chi connectivity index (χ4n) is 5.44. The van der Waals surface area contributed by atoms with E-state index in [9.17, 15) is 38.7 Å². The highest BCUT2D eigenvalue weighted by Gasteiger charge is 2.34. The van der Waals surface area contributed by atoms with Gasteiger partial charge in [-0.2, -0.15) is 5.06 Å². The first-order chi connectivity index (χ1) is 25.4. The van der Waals surface area contributed by atoms with Crippen LogP contribution in [0, 0.1) is 5.92 Å². The number of hydrogen-bond acceptors (Lipinski definition) is 10. The fraction of sp³-hybridized carbons (Fsp3) is 0.378. The summed E-state index contributed by atoms with van der Waals surface area (Å²) in [4.78, 5) is 91.9. The van der Waals surface area contributed by atoms with Crippen LogP contribution in [0.25, 0.3) is 11.3 Å². The van der Waals surface area contributed by atoms with Gasteiger partial charge in [0.05, 0.1) is 42.8 Å².